The number of nitrogens with zero attached hydrogens (tertiary/aromatic N) is 2. The van der Waals surface area contributed by atoms with Crippen LogP contribution in [0.2, 0.25) is 10.2 Å². The number of rotatable bonds is 2. The van der Waals surface area contributed by atoms with Crippen molar-refractivity contribution in [3.63, 3.8) is 0 Å². The van der Waals surface area contributed by atoms with Gasteiger partial charge in [-0.25, -0.2) is 14.4 Å². The number of hydrogen-bond donors (Lipinski definition) is 1. The number of halogens is 3. The van der Waals surface area contributed by atoms with Gasteiger partial charge in [0.2, 0.25) is 0 Å². The molecule has 0 aliphatic heterocycles. The van der Waals surface area contributed by atoms with Crippen LogP contribution in [0.5, 0.6) is 0 Å². The molecule has 0 saturated carbocycles. The number of amides is 1. The van der Waals surface area contributed by atoms with E-state index >= 15 is 0 Å². The Morgan fingerprint density at radius 1 is 1.33 bits per heavy atom. The van der Waals surface area contributed by atoms with Gasteiger partial charge in [-0.1, -0.05) is 23.2 Å². The van der Waals surface area contributed by atoms with E-state index in [0.717, 1.165) is 12.3 Å². The maximum atomic E-state index is 13.0. The first kappa shape index (κ1) is 12.7. The number of carbonyl (C=O) groups is 1. The van der Waals surface area contributed by atoms with Gasteiger partial charge in [0.25, 0.3) is 5.91 Å². The summed E-state index contributed by atoms with van der Waals surface area (Å²) in [6, 6.07) is 4.17. The topological polar surface area (TPSA) is 54.9 Å². The third-order valence-corrected chi connectivity index (χ3v) is 2.65. The molecule has 0 bridgehead atoms. The maximum Gasteiger partial charge on any atom is 0.260 e. The summed E-state index contributed by atoms with van der Waals surface area (Å²) in [6.45, 7) is 0. The molecular formula is C11H6Cl2FN3O. The van der Waals surface area contributed by atoms with Crippen LogP contribution in [0.25, 0.3) is 0 Å². The van der Waals surface area contributed by atoms with Crippen molar-refractivity contribution < 1.29 is 9.18 Å². The molecule has 0 aliphatic carbocycles. The van der Waals surface area contributed by atoms with Gasteiger partial charge in [0.15, 0.2) is 5.82 Å². The lowest BCUT2D eigenvalue weighted by Crippen LogP contribution is -2.14. The largest absolute Gasteiger partial charge is 0.305 e. The standard InChI is InChI=1S/C11H6Cl2FN3O/c12-8-2-1-3-15-10(8)17-11(18)7-4-6(14)5-16-9(7)13/h1-5H,(H,15,17,18). The molecule has 2 rings (SSSR count). The molecule has 4 nitrogen and oxygen atoms in total. The summed E-state index contributed by atoms with van der Waals surface area (Å²) in [6.07, 6.45) is 2.39. The van der Waals surface area contributed by atoms with Gasteiger partial charge in [-0.05, 0) is 18.2 Å². The lowest BCUT2D eigenvalue weighted by Gasteiger charge is -2.06. The van der Waals surface area contributed by atoms with Crippen molar-refractivity contribution in [2.45, 2.75) is 0 Å². The van der Waals surface area contributed by atoms with Crippen LogP contribution in [0.4, 0.5) is 10.2 Å². The Bertz CT molecular complexity index is 607. The first-order valence-corrected chi connectivity index (χ1v) is 5.56. The third kappa shape index (κ3) is 2.75. The highest BCUT2D eigenvalue weighted by Gasteiger charge is 2.14. The first-order chi connectivity index (χ1) is 8.58. The highest BCUT2D eigenvalue weighted by atomic mass is 35.5. The summed E-state index contributed by atoms with van der Waals surface area (Å²) in [5, 5.41) is 2.59. The van der Waals surface area contributed by atoms with Crippen molar-refractivity contribution in [2.75, 3.05) is 5.32 Å². The van der Waals surface area contributed by atoms with Crippen molar-refractivity contribution in [3.05, 3.63) is 52.1 Å². The zero-order chi connectivity index (χ0) is 13.1. The lowest BCUT2D eigenvalue weighted by molar-refractivity contribution is 0.102. The quantitative estimate of drug-likeness (QED) is 0.863. The predicted molar refractivity (Wildman–Crippen MR) is 66.4 cm³/mol. The zero-order valence-corrected chi connectivity index (χ0v) is 10.3. The smallest absolute Gasteiger partial charge is 0.260 e. The van der Waals surface area contributed by atoms with E-state index in [4.69, 9.17) is 23.2 Å². The van der Waals surface area contributed by atoms with Crippen LogP contribution in [-0.2, 0) is 0 Å². The second kappa shape index (κ2) is 5.29. The molecule has 0 aromatic carbocycles. The van der Waals surface area contributed by atoms with Crippen LogP contribution in [-0.4, -0.2) is 15.9 Å². The molecule has 0 spiro atoms. The van der Waals surface area contributed by atoms with E-state index in [2.05, 4.69) is 15.3 Å². The molecule has 18 heavy (non-hydrogen) atoms. The van der Waals surface area contributed by atoms with Crippen molar-refractivity contribution in [1.82, 2.24) is 9.97 Å². The molecule has 0 aliphatic rings. The van der Waals surface area contributed by atoms with Crippen LogP contribution >= 0.6 is 23.2 Å². The average Bonchev–Trinajstić information content (AvgIpc) is 2.35. The molecule has 0 saturated heterocycles. The monoisotopic (exact) mass is 285 g/mol. The van der Waals surface area contributed by atoms with E-state index in [9.17, 15) is 9.18 Å². The molecule has 92 valence electrons. The molecule has 2 aromatic rings. The van der Waals surface area contributed by atoms with Gasteiger partial charge in [-0.3, -0.25) is 4.79 Å². The van der Waals surface area contributed by atoms with E-state index in [-0.39, 0.29) is 21.6 Å². The van der Waals surface area contributed by atoms with Gasteiger partial charge in [-0.15, -0.1) is 0 Å². The summed E-state index contributed by atoms with van der Waals surface area (Å²) >= 11 is 11.5. The zero-order valence-electron chi connectivity index (χ0n) is 8.82. The predicted octanol–water partition coefficient (Wildman–Crippen LogP) is 3.17. The molecule has 2 aromatic heterocycles. The Labute approximate surface area is 112 Å². The summed E-state index contributed by atoms with van der Waals surface area (Å²) in [4.78, 5) is 19.3. The van der Waals surface area contributed by atoms with Crippen LogP contribution in [0.15, 0.2) is 30.6 Å². The minimum Gasteiger partial charge on any atom is -0.305 e. The molecular weight excluding hydrogens is 280 g/mol. The van der Waals surface area contributed by atoms with Crippen LogP contribution in [0, 0.1) is 5.82 Å². The molecule has 0 radical (unpaired) electrons. The Balaban J connectivity index is 2.28. The lowest BCUT2D eigenvalue weighted by atomic mass is 10.2. The molecule has 7 heteroatoms. The van der Waals surface area contributed by atoms with Crippen molar-refractivity contribution >= 4 is 34.9 Å². The normalized spacial score (nSPS) is 10.2. The molecule has 0 unspecified atom stereocenters. The molecule has 0 fully saturated rings. The molecule has 0 atom stereocenters. The Morgan fingerprint density at radius 2 is 2.11 bits per heavy atom. The van der Waals surface area contributed by atoms with Crippen molar-refractivity contribution in [2.24, 2.45) is 0 Å². The van der Waals surface area contributed by atoms with Crippen molar-refractivity contribution in [1.29, 1.82) is 0 Å². The van der Waals surface area contributed by atoms with E-state index in [1.165, 1.54) is 6.20 Å². The number of hydrogen-bond acceptors (Lipinski definition) is 3. The summed E-state index contributed by atoms with van der Waals surface area (Å²) < 4.78 is 13.0. The highest BCUT2D eigenvalue weighted by molar-refractivity contribution is 6.35. The summed E-state index contributed by atoms with van der Waals surface area (Å²) in [5.41, 5.74) is -0.0848. The van der Waals surface area contributed by atoms with Gasteiger partial charge in [0.1, 0.15) is 11.0 Å². The fraction of sp³-hybridized carbons (Fsp3) is 0. The maximum absolute atomic E-state index is 13.0. The second-order valence-electron chi connectivity index (χ2n) is 3.28. The Kier molecular flexibility index (Phi) is 3.74. The number of nitrogens with one attached hydrogen (secondary N) is 1. The second-order valence-corrected chi connectivity index (χ2v) is 4.05. The van der Waals surface area contributed by atoms with Gasteiger partial charge >= 0.3 is 0 Å². The molecule has 1 N–H and O–H groups in total. The fourth-order valence-electron chi connectivity index (χ4n) is 1.23. The minimum absolute atomic E-state index is 0.0848. The van der Waals surface area contributed by atoms with Gasteiger partial charge < -0.3 is 5.32 Å². The number of aromatic nitrogens is 2. The van der Waals surface area contributed by atoms with Gasteiger partial charge in [0.05, 0.1) is 16.8 Å². The van der Waals surface area contributed by atoms with E-state index in [1.807, 2.05) is 0 Å². The number of pyridine rings is 2. The summed E-state index contributed by atoms with van der Waals surface area (Å²) in [5.74, 6) is -1.12. The third-order valence-electron chi connectivity index (χ3n) is 2.04. The van der Waals surface area contributed by atoms with E-state index in [1.54, 1.807) is 12.1 Å². The van der Waals surface area contributed by atoms with Crippen LogP contribution < -0.4 is 5.32 Å². The van der Waals surface area contributed by atoms with E-state index in [0.29, 0.717) is 0 Å². The Hall–Kier alpha value is -1.72. The van der Waals surface area contributed by atoms with Crippen LogP contribution in [0.3, 0.4) is 0 Å². The van der Waals surface area contributed by atoms with Crippen LogP contribution in [0.1, 0.15) is 10.4 Å². The highest BCUT2D eigenvalue weighted by Crippen LogP contribution is 2.20. The molecule has 2 heterocycles. The number of anilines is 1. The SMILES string of the molecule is O=C(Nc1ncccc1Cl)c1cc(F)cnc1Cl. The minimum atomic E-state index is -0.656. The Morgan fingerprint density at radius 3 is 2.83 bits per heavy atom. The van der Waals surface area contributed by atoms with Gasteiger partial charge in [0, 0.05) is 6.20 Å². The fourth-order valence-corrected chi connectivity index (χ4v) is 1.59. The van der Waals surface area contributed by atoms with Gasteiger partial charge in [-0.2, -0.15) is 0 Å². The number of carbonyl (C=O) groups excluding carboxylic acids is 1. The van der Waals surface area contributed by atoms with E-state index < -0.39 is 11.7 Å². The molecule has 1 amide bonds. The average molecular weight is 286 g/mol. The summed E-state index contributed by atoms with van der Waals surface area (Å²) in [7, 11) is 0. The van der Waals surface area contributed by atoms with Crippen molar-refractivity contribution in [3.8, 4) is 0 Å². The first-order valence-electron chi connectivity index (χ1n) is 4.81.